The Bertz CT molecular complexity index is 1080. The normalized spacial score (nSPS) is 14.3. The Kier molecular flexibility index (Phi) is 7.45. The number of hydrogen-bond donors (Lipinski definition) is 0. The maximum absolute atomic E-state index is 13.3. The number of amides is 2. The van der Waals surface area contributed by atoms with Crippen molar-refractivity contribution in [3.05, 3.63) is 71.5 Å². The predicted octanol–water partition coefficient (Wildman–Crippen LogP) is 4.67. The molecular formula is C27H32N2O4. The van der Waals surface area contributed by atoms with Crippen LogP contribution in [0.25, 0.3) is 11.0 Å². The van der Waals surface area contributed by atoms with E-state index in [0.29, 0.717) is 50.5 Å². The number of piperazine rings is 1. The summed E-state index contributed by atoms with van der Waals surface area (Å²) in [5.41, 5.74) is 2.74. The average Bonchev–Trinajstić information content (AvgIpc) is 3.21. The van der Waals surface area contributed by atoms with Crippen LogP contribution in [-0.2, 0) is 22.6 Å². The van der Waals surface area contributed by atoms with Crippen LogP contribution in [0.5, 0.6) is 0 Å². The molecule has 33 heavy (non-hydrogen) atoms. The van der Waals surface area contributed by atoms with E-state index in [-0.39, 0.29) is 17.9 Å². The maximum atomic E-state index is 13.3. The first-order chi connectivity index (χ1) is 16.0. The highest BCUT2D eigenvalue weighted by atomic mass is 16.5. The van der Waals surface area contributed by atoms with Gasteiger partial charge in [-0.3, -0.25) is 9.59 Å². The molecule has 0 radical (unpaired) electrons. The Balaban J connectivity index is 1.35. The van der Waals surface area contributed by atoms with Gasteiger partial charge in [-0.15, -0.1) is 0 Å². The summed E-state index contributed by atoms with van der Waals surface area (Å²) in [6.45, 7) is 6.38. The Morgan fingerprint density at radius 3 is 2.33 bits per heavy atom. The zero-order valence-electron chi connectivity index (χ0n) is 19.5. The predicted molar refractivity (Wildman–Crippen MR) is 128 cm³/mol. The minimum atomic E-state index is -0.135. The zero-order chi connectivity index (χ0) is 23.2. The molecule has 4 rings (SSSR count). The van der Waals surface area contributed by atoms with E-state index < -0.39 is 0 Å². The quantitative estimate of drug-likeness (QED) is 0.503. The summed E-state index contributed by atoms with van der Waals surface area (Å²) in [5, 5.41) is 0.911. The fraction of sp³-hybridized carbons (Fsp3) is 0.407. The molecule has 2 aromatic carbocycles. The highest BCUT2D eigenvalue weighted by molar-refractivity contribution is 5.99. The fourth-order valence-corrected chi connectivity index (χ4v) is 4.21. The Labute approximate surface area is 195 Å². The van der Waals surface area contributed by atoms with Gasteiger partial charge in [0.25, 0.3) is 5.91 Å². The molecular weight excluding hydrogens is 416 g/mol. The third-order valence-electron chi connectivity index (χ3n) is 6.07. The molecule has 1 saturated heterocycles. The monoisotopic (exact) mass is 448 g/mol. The van der Waals surface area contributed by atoms with Crippen molar-refractivity contribution < 1.29 is 18.7 Å². The molecule has 2 amide bonds. The summed E-state index contributed by atoms with van der Waals surface area (Å²) in [5.74, 6) is 0.372. The van der Waals surface area contributed by atoms with E-state index in [0.717, 1.165) is 23.8 Å². The first-order valence-electron chi connectivity index (χ1n) is 11.8. The summed E-state index contributed by atoms with van der Waals surface area (Å²) in [6.07, 6.45) is 2.32. The zero-order valence-corrected chi connectivity index (χ0v) is 19.5. The summed E-state index contributed by atoms with van der Waals surface area (Å²) in [6, 6.07) is 17.9. The number of hydrogen-bond acceptors (Lipinski definition) is 4. The van der Waals surface area contributed by atoms with Gasteiger partial charge < -0.3 is 19.0 Å². The van der Waals surface area contributed by atoms with Gasteiger partial charge in [-0.25, -0.2) is 0 Å². The van der Waals surface area contributed by atoms with Crippen LogP contribution < -0.4 is 0 Å². The molecule has 1 fully saturated rings. The number of fused-ring (bicyclic) bond motifs is 1. The number of rotatable bonds is 8. The molecule has 0 atom stereocenters. The van der Waals surface area contributed by atoms with Crippen molar-refractivity contribution in [1.29, 1.82) is 0 Å². The van der Waals surface area contributed by atoms with Crippen LogP contribution >= 0.6 is 0 Å². The van der Waals surface area contributed by atoms with Crippen molar-refractivity contribution in [1.82, 2.24) is 9.80 Å². The molecule has 6 nitrogen and oxygen atoms in total. The number of carbonyl (C=O) groups excluding carboxylic acids is 2. The van der Waals surface area contributed by atoms with Crippen molar-refractivity contribution in [2.45, 2.75) is 45.8 Å². The van der Waals surface area contributed by atoms with Gasteiger partial charge in [0, 0.05) is 43.5 Å². The maximum Gasteiger partial charge on any atom is 0.290 e. The van der Waals surface area contributed by atoms with E-state index in [1.165, 1.54) is 5.56 Å². The van der Waals surface area contributed by atoms with E-state index in [1.807, 2.05) is 61.2 Å². The summed E-state index contributed by atoms with van der Waals surface area (Å²) >= 11 is 0. The number of para-hydroxylation sites is 1. The lowest BCUT2D eigenvalue weighted by Crippen LogP contribution is -2.50. The third kappa shape index (κ3) is 5.63. The molecule has 0 aliphatic carbocycles. The van der Waals surface area contributed by atoms with E-state index in [2.05, 4.69) is 12.1 Å². The smallest absolute Gasteiger partial charge is 0.290 e. The summed E-state index contributed by atoms with van der Waals surface area (Å²) in [4.78, 5) is 29.6. The Morgan fingerprint density at radius 1 is 0.939 bits per heavy atom. The molecule has 1 aliphatic rings. The van der Waals surface area contributed by atoms with Gasteiger partial charge >= 0.3 is 0 Å². The van der Waals surface area contributed by atoms with Gasteiger partial charge in [0.1, 0.15) is 5.58 Å². The minimum absolute atomic E-state index is 0.0538. The number of carbonyl (C=O) groups is 2. The Morgan fingerprint density at radius 2 is 1.61 bits per heavy atom. The topological polar surface area (TPSA) is 63.0 Å². The average molecular weight is 449 g/mol. The van der Waals surface area contributed by atoms with Crippen LogP contribution in [0, 0.1) is 0 Å². The van der Waals surface area contributed by atoms with Gasteiger partial charge in [-0.1, -0.05) is 48.5 Å². The molecule has 2 heterocycles. The third-order valence-corrected chi connectivity index (χ3v) is 6.07. The second-order valence-electron chi connectivity index (χ2n) is 8.78. The molecule has 0 spiro atoms. The van der Waals surface area contributed by atoms with Crippen molar-refractivity contribution in [3.8, 4) is 0 Å². The first kappa shape index (κ1) is 23.1. The standard InChI is InChI=1S/C27H32N2O4/c1-20(2)32-19-23-22-12-6-7-13-24(22)33-26(23)27(31)29-17-15-28(16-18-29)25(30)14-8-11-21-9-4-3-5-10-21/h3-7,9-10,12-13,20H,8,11,14-19H2,1-2H3. The SMILES string of the molecule is CC(C)OCc1c(C(=O)N2CCN(C(=O)CCCc3ccccc3)CC2)oc2ccccc12. The fourth-order valence-electron chi connectivity index (χ4n) is 4.21. The number of ether oxygens (including phenoxy) is 1. The summed E-state index contributed by atoms with van der Waals surface area (Å²) in [7, 11) is 0. The van der Waals surface area contributed by atoms with Gasteiger partial charge in [0.05, 0.1) is 12.7 Å². The molecule has 174 valence electrons. The molecule has 1 aromatic heterocycles. The van der Waals surface area contributed by atoms with Crippen molar-refractivity contribution >= 4 is 22.8 Å². The van der Waals surface area contributed by atoms with Gasteiger partial charge in [0.2, 0.25) is 5.91 Å². The molecule has 0 bridgehead atoms. The van der Waals surface area contributed by atoms with Crippen molar-refractivity contribution in [2.24, 2.45) is 0 Å². The lowest BCUT2D eigenvalue weighted by Gasteiger charge is -2.34. The van der Waals surface area contributed by atoms with E-state index in [9.17, 15) is 9.59 Å². The number of nitrogens with zero attached hydrogens (tertiary/aromatic N) is 2. The lowest BCUT2D eigenvalue weighted by molar-refractivity contribution is -0.132. The number of benzene rings is 2. The molecule has 0 N–H and O–H groups in total. The number of furan rings is 1. The highest BCUT2D eigenvalue weighted by Gasteiger charge is 2.29. The van der Waals surface area contributed by atoms with E-state index in [1.54, 1.807) is 4.90 Å². The van der Waals surface area contributed by atoms with Gasteiger partial charge in [-0.2, -0.15) is 0 Å². The second kappa shape index (κ2) is 10.7. The molecule has 3 aromatic rings. The van der Waals surface area contributed by atoms with Crippen LogP contribution in [-0.4, -0.2) is 53.9 Å². The van der Waals surface area contributed by atoms with E-state index >= 15 is 0 Å². The first-order valence-corrected chi connectivity index (χ1v) is 11.8. The largest absolute Gasteiger partial charge is 0.451 e. The Hall–Kier alpha value is -3.12. The highest BCUT2D eigenvalue weighted by Crippen LogP contribution is 2.28. The van der Waals surface area contributed by atoms with Crippen molar-refractivity contribution in [3.63, 3.8) is 0 Å². The number of aryl methyl sites for hydroxylation is 1. The lowest BCUT2D eigenvalue weighted by atomic mass is 10.1. The van der Waals surface area contributed by atoms with Gasteiger partial charge in [-0.05, 0) is 38.3 Å². The minimum Gasteiger partial charge on any atom is -0.451 e. The molecule has 0 saturated carbocycles. The van der Waals surface area contributed by atoms with Crippen LogP contribution in [0.15, 0.2) is 59.0 Å². The molecule has 0 unspecified atom stereocenters. The molecule has 6 heteroatoms. The van der Waals surface area contributed by atoms with Crippen LogP contribution in [0.3, 0.4) is 0 Å². The van der Waals surface area contributed by atoms with Crippen LogP contribution in [0.2, 0.25) is 0 Å². The summed E-state index contributed by atoms with van der Waals surface area (Å²) < 4.78 is 11.8. The van der Waals surface area contributed by atoms with Crippen molar-refractivity contribution in [2.75, 3.05) is 26.2 Å². The van der Waals surface area contributed by atoms with Crippen LogP contribution in [0.4, 0.5) is 0 Å². The molecule has 1 aliphatic heterocycles. The van der Waals surface area contributed by atoms with Gasteiger partial charge in [0.15, 0.2) is 5.76 Å². The van der Waals surface area contributed by atoms with Crippen LogP contribution in [0.1, 0.15) is 48.4 Å². The second-order valence-corrected chi connectivity index (χ2v) is 8.78. The van der Waals surface area contributed by atoms with E-state index in [4.69, 9.17) is 9.15 Å².